The lowest BCUT2D eigenvalue weighted by Gasteiger charge is -2.26. The van der Waals surface area contributed by atoms with Crippen LogP contribution >= 0.6 is 23.5 Å². The van der Waals surface area contributed by atoms with Gasteiger partial charge in [0.05, 0.1) is 0 Å². The van der Waals surface area contributed by atoms with E-state index in [1.165, 1.54) is 47.6 Å². The quantitative estimate of drug-likeness (QED) is 0.756. The third-order valence-electron chi connectivity index (χ3n) is 3.39. The second-order valence-corrected chi connectivity index (χ2v) is 6.79. The van der Waals surface area contributed by atoms with Gasteiger partial charge < -0.3 is 5.32 Å². The Morgan fingerprint density at radius 1 is 1.28 bits per heavy atom. The van der Waals surface area contributed by atoms with Crippen molar-refractivity contribution in [3.05, 3.63) is 35.4 Å². The van der Waals surface area contributed by atoms with Crippen molar-refractivity contribution in [1.82, 2.24) is 5.32 Å². The average Bonchev–Trinajstić information content (AvgIpc) is 2.43. The number of hydrogen-bond acceptors (Lipinski definition) is 3. The Bertz CT molecular complexity index is 354. The molecule has 0 aromatic heterocycles. The van der Waals surface area contributed by atoms with Crippen LogP contribution < -0.4 is 5.32 Å². The Morgan fingerprint density at radius 3 is 3.06 bits per heavy atom. The molecule has 0 fully saturated rings. The monoisotopic (exact) mass is 281 g/mol. The van der Waals surface area contributed by atoms with Crippen molar-refractivity contribution in [3.63, 3.8) is 0 Å². The van der Waals surface area contributed by atoms with E-state index in [-0.39, 0.29) is 0 Å². The molecule has 100 valence electrons. The molecule has 1 aromatic carbocycles. The minimum absolute atomic E-state index is 0.570. The van der Waals surface area contributed by atoms with Gasteiger partial charge in [-0.1, -0.05) is 30.7 Å². The fourth-order valence-corrected chi connectivity index (χ4v) is 4.00. The van der Waals surface area contributed by atoms with Crippen LogP contribution in [0.25, 0.3) is 0 Å². The molecule has 0 saturated heterocycles. The smallest absolute Gasteiger partial charge is 0.0415 e. The number of hydrogen-bond donors (Lipinski definition) is 1. The van der Waals surface area contributed by atoms with Crippen molar-refractivity contribution in [1.29, 1.82) is 0 Å². The van der Waals surface area contributed by atoms with Crippen molar-refractivity contribution >= 4 is 23.5 Å². The van der Waals surface area contributed by atoms with Gasteiger partial charge in [-0.05, 0) is 42.5 Å². The van der Waals surface area contributed by atoms with Crippen molar-refractivity contribution in [3.8, 4) is 0 Å². The van der Waals surface area contributed by atoms with E-state index in [9.17, 15) is 0 Å². The highest BCUT2D eigenvalue weighted by atomic mass is 32.2. The van der Waals surface area contributed by atoms with Gasteiger partial charge in [0.2, 0.25) is 0 Å². The van der Waals surface area contributed by atoms with Gasteiger partial charge in [0.25, 0.3) is 0 Å². The minimum Gasteiger partial charge on any atom is -0.309 e. The maximum atomic E-state index is 3.73. The first kappa shape index (κ1) is 14.3. The van der Waals surface area contributed by atoms with Gasteiger partial charge in [0.1, 0.15) is 0 Å². The number of fused-ring (bicyclic) bond motifs is 1. The van der Waals surface area contributed by atoms with Crippen LogP contribution in [0.4, 0.5) is 0 Å². The van der Waals surface area contributed by atoms with Crippen LogP contribution in [0.2, 0.25) is 0 Å². The van der Waals surface area contributed by atoms with E-state index in [0.717, 1.165) is 6.54 Å². The van der Waals surface area contributed by atoms with E-state index in [1.807, 2.05) is 11.8 Å². The van der Waals surface area contributed by atoms with E-state index >= 15 is 0 Å². The molecule has 0 aliphatic carbocycles. The average molecular weight is 281 g/mol. The highest BCUT2D eigenvalue weighted by molar-refractivity contribution is 7.98. The van der Waals surface area contributed by atoms with Gasteiger partial charge in [0.15, 0.2) is 0 Å². The molecule has 1 atom stereocenters. The van der Waals surface area contributed by atoms with Crippen molar-refractivity contribution in [2.75, 3.05) is 24.3 Å². The first-order valence-electron chi connectivity index (χ1n) is 6.79. The Labute approximate surface area is 120 Å². The Hall–Kier alpha value is -0.120. The molecule has 1 nitrogen and oxygen atoms in total. The molecule has 0 spiro atoms. The van der Waals surface area contributed by atoms with Crippen molar-refractivity contribution in [2.45, 2.75) is 31.1 Å². The highest BCUT2D eigenvalue weighted by Gasteiger charge is 2.18. The Morgan fingerprint density at radius 2 is 2.17 bits per heavy atom. The van der Waals surface area contributed by atoms with Crippen molar-refractivity contribution < 1.29 is 0 Å². The summed E-state index contributed by atoms with van der Waals surface area (Å²) < 4.78 is 0. The number of rotatable bonds is 7. The van der Waals surface area contributed by atoms with E-state index in [1.54, 1.807) is 0 Å². The second kappa shape index (κ2) is 8.13. The third kappa shape index (κ3) is 4.22. The lowest BCUT2D eigenvalue weighted by Crippen LogP contribution is -2.27. The fourth-order valence-electron chi connectivity index (χ4n) is 2.38. The van der Waals surface area contributed by atoms with Gasteiger partial charge in [-0.3, -0.25) is 0 Å². The van der Waals surface area contributed by atoms with E-state index < -0.39 is 0 Å². The molecule has 18 heavy (non-hydrogen) atoms. The number of unbranched alkanes of at least 4 members (excludes halogenated alkanes) is 2. The molecule has 0 amide bonds. The molecule has 0 saturated carbocycles. The molecule has 1 heterocycles. The minimum atomic E-state index is 0.570. The summed E-state index contributed by atoms with van der Waals surface area (Å²) in [7, 11) is 0. The maximum Gasteiger partial charge on any atom is 0.0415 e. The molecule has 1 aliphatic rings. The number of thioether (sulfide) groups is 2. The van der Waals surface area contributed by atoms with Crippen LogP contribution in [0, 0.1) is 0 Å². The zero-order valence-corrected chi connectivity index (χ0v) is 12.8. The van der Waals surface area contributed by atoms with E-state index in [0.29, 0.717) is 6.04 Å². The Balaban J connectivity index is 1.74. The highest BCUT2D eigenvalue weighted by Crippen LogP contribution is 2.31. The van der Waals surface area contributed by atoms with E-state index in [4.69, 9.17) is 0 Å². The standard InChI is InChI=1S/C15H23NS2/c1-17-10-6-2-5-9-16-15-12-18-11-13-7-3-4-8-14(13)15/h3-4,7-8,15-16H,2,5-6,9-12H2,1H3. The molecular weight excluding hydrogens is 258 g/mol. The van der Waals surface area contributed by atoms with Gasteiger partial charge in [-0.25, -0.2) is 0 Å². The topological polar surface area (TPSA) is 12.0 Å². The number of benzene rings is 1. The molecule has 2 rings (SSSR count). The number of nitrogens with one attached hydrogen (secondary N) is 1. The maximum absolute atomic E-state index is 3.73. The zero-order chi connectivity index (χ0) is 12.6. The summed E-state index contributed by atoms with van der Waals surface area (Å²) >= 11 is 4.01. The summed E-state index contributed by atoms with van der Waals surface area (Å²) in [5.74, 6) is 3.71. The van der Waals surface area contributed by atoms with Crippen LogP contribution in [0.15, 0.2) is 24.3 Å². The largest absolute Gasteiger partial charge is 0.309 e. The predicted octanol–water partition coefficient (Wildman–Crippen LogP) is 4.10. The predicted molar refractivity (Wildman–Crippen MR) is 85.6 cm³/mol. The molecular formula is C15H23NS2. The summed E-state index contributed by atoms with van der Waals surface area (Å²) in [4.78, 5) is 0. The van der Waals surface area contributed by atoms with Crippen LogP contribution in [-0.2, 0) is 5.75 Å². The van der Waals surface area contributed by atoms with E-state index in [2.05, 4.69) is 47.6 Å². The summed E-state index contributed by atoms with van der Waals surface area (Å²) in [5.41, 5.74) is 3.05. The normalized spacial score (nSPS) is 18.6. The molecule has 0 bridgehead atoms. The van der Waals surface area contributed by atoms with Gasteiger partial charge in [-0.2, -0.15) is 23.5 Å². The summed E-state index contributed by atoms with van der Waals surface area (Å²) in [5, 5.41) is 3.73. The molecule has 3 heteroatoms. The molecule has 1 unspecified atom stereocenters. The Kier molecular flexibility index (Phi) is 6.46. The van der Waals surface area contributed by atoms with Gasteiger partial charge in [0, 0.05) is 17.5 Å². The third-order valence-corrected chi connectivity index (χ3v) is 5.17. The summed E-state index contributed by atoms with van der Waals surface area (Å²) in [6.45, 7) is 1.16. The fraction of sp³-hybridized carbons (Fsp3) is 0.600. The molecule has 1 aliphatic heterocycles. The van der Waals surface area contributed by atoms with Crippen LogP contribution in [0.5, 0.6) is 0 Å². The zero-order valence-electron chi connectivity index (χ0n) is 11.2. The summed E-state index contributed by atoms with van der Waals surface area (Å²) in [6.07, 6.45) is 6.21. The molecule has 1 N–H and O–H groups in total. The van der Waals surface area contributed by atoms with Crippen LogP contribution in [0.1, 0.15) is 36.4 Å². The molecule has 1 aromatic rings. The van der Waals surface area contributed by atoms with Gasteiger partial charge in [-0.15, -0.1) is 0 Å². The van der Waals surface area contributed by atoms with Gasteiger partial charge >= 0.3 is 0 Å². The SMILES string of the molecule is CSCCCCCNC1CSCc2ccccc21. The van der Waals surface area contributed by atoms with Crippen LogP contribution in [-0.4, -0.2) is 24.3 Å². The molecule has 0 radical (unpaired) electrons. The van der Waals surface area contributed by atoms with Crippen LogP contribution in [0.3, 0.4) is 0 Å². The first-order valence-corrected chi connectivity index (χ1v) is 9.34. The lowest BCUT2D eigenvalue weighted by molar-refractivity contribution is 0.545. The second-order valence-electron chi connectivity index (χ2n) is 4.77. The summed E-state index contributed by atoms with van der Waals surface area (Å²) in [6, 6.07) is 9.46. The lowest BCUT2D eigenvalue weighted by atomic mass is 10.0. The van der Waals surface area contributed by atoms with Crippen molar-refractivity contribution in [2.24, 2.45) is 0 Å². The first-order chi connectivity index (χ1) is 8.92.